The van der Waals surface area contributed by atoms with Crippen molar-refractivity contribution >= 4 is 9.84 Å². The van der Waals surface area contributed by atoms with Gasteiger partial charge in [-0.3, -0.25) is 0 Å². The lowest BCUT2D eigenvalue weighted by Gasteiger charge is -2.28. The summed E-state index contributed by atoms with van der Waals surface area (Å²) in [6, 6.07) is 7.19. The van der Waals surface area contributed by atoms with Crippen LogP contribution in [0.2, 0.25) is 0 Å². The molecule has 1 saturated heterocycles. The van der Waals surface area contributed by atoms with Crippen LogP contribution in [-0.2, 0) is 9.84 Å². The summed E-state index contributed by atoms with van der Waals surface area (Å²) in [4.78, 5) is 3.36. The van der Waals surface area contributed by atoms with E-state index in [9.17, 15) is 8.42 Å². The number of aryl methyl sites for hydroxylation is 1. The molecule has 4 heteroatoms. The highest BCUT2D eigenvalue weighted by Crippen LogP contribution is 2.36. The molecule has 2 aliphatic rings. The smallest absolute Gasteiger partial charge is 0.204 e. The van der Waals surface area contributed by atoms with Crippen molar-refractivity contribution < 1.29 is 8.42 Å². The van der Waals surface area contributed by atoms with Gasteiger partial charge in [-0.2, -0.15) is 0 Å². The summed E-state index contributed by atoms with van der Waals surface area (Å²) in [6.07, 6.45) is 3.65. The summed E-state index contributed by atoms with van der Waals surface area (Å²) < 4.78 is 25.5. The second-order valence-electron chi connectivity index (χ2n) is 5.38. The number of hydrogen-bond acceptors (Lipinski definition) is 3. The molecule has 2 aliphatic heterocycles. The Morgan fingerprint density at radius 1 is 1.00 bits per heavy atom. The van der Waals surface area contributed by atoms with Gasteiger partial charge in [0, 0.05) is 18.8 Å². The molecular weight excluding hydrogens is 258 g/mol. The second kappa shape index (κ2) is 4.67. The van der Waals surface area contributed by atoms with Crippen molar-refractivity contribution in [3.63, 3.8) is 0 Å². The van der Waals surface area contributed by atoms with Crippen LogP contribution in [0.25, 0.3) is 0 Å². The molecule has 102 valence electrons. The van der Waals surface area contributed by atoms with E-state index in [-0.39, 0.29) is 0 Å². The van der Waals surface area contributed by atoms with Crippen molar-refractivity contribution in [1.29, 1.82) is 0 Å². The minimum Gasteiger partial charge on any atom is -0.374 e. The normalized spacial score (nSPS) is 19.7. The number of sulfone groups is 1. The molecule has 0 atom stereocenters. The molecular formula is C15H19NO2S. The number of benzene rings is 1. The summed E-state index contributed by atoms with van der Waals surface area (Å²) in [6.45, 7) is 4.00. The van der Waals surface area contributed by atoms with Crippen LogP contribution in [0.3, 0.4) is 0 Å². The maximum Gasteiger partial charge on any atom is 0.204 e. The van der Waals surface area contributed by atoms with Crippen LogP contribution >= 0.6 is 0 Å². The van der Waals surface area contributed by atoms with Gasteiger partial charge in [0.2, 0.25) is 9.84 Å². The molecule has 1 aromatic rings. The maximum atomic E-state index is 12.8. The molecule has 3 nitrogen and oxygen atoms in total. The monoisotopic (exact) mass is 277 g/mol. The molecule has 0 spiro atoms. The third kappa shape index (κ3) is 2.18. The quantitative estimate of drug-likeness (QED) is 0.834. The molecule has 1 fully saturated rings. The summed E-state index contributed by atoms with van der Waals surface area (Å²) in [7, 11) is -3.30. The Balaban J connectivity index is 2.07. The maximum absolute atomic E-state index is 12.8. The van der Waals surface area contributed by atoms with E-state index in [4.69, 9.17) is 0 Å². The fourth-order valence-electron chi connectivity index (χ4n) is 3.02. The largest absolute Gasteiger partial charge is 0.374 e. The number of hydrogen-bond donors (Lipinski definition) is 0. The third-order valence-corrected chi connectivity index (χ3v) is 6.01. The molecule has 1 aromatic carbocycles. The van der Waals surface area contributed by atoms with E-state index in [0.29, 0.717) is 16.2 Å². The van der Waals surface area contributed by atoms with Crippen molar-refractivity contribution in [3.8, 4) is 0 Å². The van der Waals surface area contributed by atoms with Crippen LogP contribution in [0, 0.1) is 6.92 Å². The first kappa shape index (κ1) is 12.7. The zero-order chi connectivity index (χ0) is 13.5. The van der Waals surface area contributed by atoms with Crippen molar-refractivity contribution in [2.24, 2.45) is 0 Å². The lowest BCUT2D eigenvalue weighted by Crippen LogP contribution is -2.26. The number of allylic oxidation sites excluding steroid dienone is 2. The average Bonchev–Trinajstić information content (AvgIpc) is 2.87. The van der Waals surface area contributed by atoms with Gasteiger partial charge in [0.15, 0.2) is 0 Å². The predicted octanol–water partition coefficient (Wildman–Crippen LogP) is 2.87. The van der Waals surface area contributed by atoms with Crippen molar-refractivity contribution in [1.82, 2.24) is 4.90 Å². The Morgan fingerprint density at radius 3 is 2.32 bits per heavy atom. The summed E-state index contributed by atoms with van der Waals surface area (Å²) in [5.41, 5.74) is 2.16. The van der Waals surface area contributed by atoms with Gasteiger partial charge in [-0.05, 0) is 44.7 Å². The molecule has 0 aliphatic carbocycles. The van der Waals surface area contributed by atoms with E-state index in [1.54, 1.807) is 12.1 Å². The zero-order valence-electron chi connectivity index (χ0n) is 11.2. The van der Waals surface area contributed by atoms with Crippen LogP contribution < -0.4 is 0 Å². The minimum absolute atomic E-state index is 0.439. The second-order valence-corrected chi connectivity index (χ2v) is 7.35. The summed E-state index contributed by atoms with van der Waals surface area (Å²) >= 11 is 0. The molecule has 0 amide bonds. The lowest BCUT2D eigenvalue weighted by atomic mass is 10.1. The average molecular weight is 277 g/mol. The minimum atomic E-state index is -3.30. The molecule has 2 heterocycles. The highest BCUT2D eigenvalue weighted by atomic mass is 32.2. The fourth-order valence-corrected chi connectivity index (χ4v) is 4.75. The molecule has 0 saturated carbocycles. The topological polar surface area (TPSA) is 37.4 Å². The van der Waals surface area contributed by atoms with Crippen molar-refractivity contribution in [3.05, 3.63) is 40.4 Å². The first-order valence-corrected chi connectivity index (χ1v) is 8.36. The molecule has 19 heavy (non-hydrogen) atoms. The molecule has 0 bridgehead atoms. The predicted molar refractivity (Wildman–Crippen MR) is 75.4 cm³/mol. The van der Waals surface area contributed by atoms with Gasteiger partial charge in [0.25, 0.3) is 0 Å². The molecule has 0 aromatic heterocycles. The molecule has 3 rings (SSSR count). The van der Waals surface area contributed by atoms with Crippen LogP contribution in [0.5, 0.6) is 0 Å². The van der Waals surface area contributed by atoms with Crippen LogP contribution in [0.15, 0.2) is 39.8 Å². The van der Waals surface area contributed by atoms with E-state index in [0.717, 1.165) is 43.6 Å². The third-order valence-electron chi connectivity index (χ3n) is 4.03. The van der Waals surface area contributed by atoms with Gasteiger partial charge in [0.05, 0.1) is 9.80 Å². The van der Waals surface area contributed by atoms with Crippen LogP contribution in [0.4, 0.5) is 0 Å². The lowest BCUT2D eigenvalue weighted by molar-refractivity contribution is 0.364. The Bertz CT molecular complexity index is 614. The standard InChI is InChI=1S/C15H19NO2S/c1-12-6-8-13(9-7-12)19(17,18)15-5-3-11-16-10-2-4-14(15)16/h6-9H,2-5,10-11H2,1H3. The van der Waals surface area contributed by atoms with Gasteiger partial charge in [0.1, 0.15) is 0 Å². The van der Waals surface area contributed by atoms with Gasteiger partial charge in [-0.25, -0.2) is 8.42 Å². The number of rotatable bonds is 2. The van der Waals surface area contributed by atoms with E-state index in [1.807, 2.05) is 19.1 Å². The van der Waals surface area contributed by atoms with E-state index >= 15 is 0 Å². The highest BCUT2D eigenvalue weighted by molar-refractivity contribution is 7.95. The van der Waals surface area contributed by atoms with Gasteiger partial charge >= 0.3 is 0 Å². The van der Waals surface area contributed by atoms with Crippen LogP contribution in [0.1, 0.15) is 31.2 Å². The van der Waals surface area contributed by atoms with Crippen LogP contribution in [-0.4, -0.2) is 26.4 Å². The molecule has 0 radical (unpaired) electrons. The summed E-state index contributed by atoms with van der Waals surface area (Å²) in [5.74, 6) is 0. The van der Waals surface area contributed by atoms with Gasteiger partial charge < -0.3 is 4.90 Å². The van der Waals surface area contributed by atoms with E-state index in [1.165, 1.54) is 0 Å². The van der Waals surface area contributed by atoms with Crippen molar-refractivity contribution in [2.75, 3.05) is 13.1 Å². The Kier molecular flexibility index (Phi) is 3.13. The first-order chi connectivity index (χ1) is 9.09. The van der Waals surface area contributed by atoms with Crippen molar-refractivity contribution in [2.45, 2.75) is 37.5 Å². The SMILES string of the molecule is Cc1ccc(S(=O)(=O)C2=C3CCCN3CCC2)cc1. The Morgan fingerprint density at radius 2 is 1.63 bits per heavy atom. The first-order valence-electron chi connectivity index (χ1n) is 6.88. The number of fused-ring (bicyclic) bond motifs is 1. The Labute approximate surface area is 114 Å². The Hall–Kier alpha value is -1.29. The van der Waals surface area contributed by atoms with Gasteiger partial charge in [-0.15, -0.1) is 0 Å². The highest BCUT2D eigenvalue weighted by Gasteiger charge is 2.31. The fraction of sp³-hybridized carbons (Fsp3) is 0.467. The van der Waals surface area contributed by atoms with E-state index in [2.05, 4.69) is 4.90 Å². The molecule has 0 N–H and O–H groups in total. The number of nitrogens with zero attached hydrogens (tertiary/aromatic N) is 1. The van der Waals surface area contributed by atoms with Gasteiger partial charge in [-0.1, -0.05) is 17.7 Å². The van der Waals surface area contributed by atoms with E-state index < -0.39 is 9.84 Å². The summed E-state index contributed by atoms with van der Waals surface area (Å²) in [5, 5.41) is 0. The molecule has 0 unspecified atom stereocenters. The zero-order valence-corrected chi connectivity index (χ0v) is 12.0.